The summed E-state index contributed by atoms with van der Waals surface area (Å²) in [7, 11) is 0. The molecule has 0 nitrogen and oxygen atoms in total. The van der Waals surface area contributed by atoms with Crippen LogP contribution in [-0.4, -0.2) is 0 Å². The van der Waals surface area contributed by atoms with Gasteiger partial charge in [0.25, 0.3) is 0 Å². The van der Waals surface area contributed by atoms with Gasteiger partial charge in [-0.05, 0) is 18.8 Å². The minimum Gasteiger partial charge on any atom is -0.0956 e. The van der Waals surface area contributed by atoms with Gasteiger partial charge in [-0.25, -0.2) is 0 Å². The Morgan fingerprint density at radius 3 is 2.00 bits per heavy atom. The molecule has 0 spiro atoms. The monoisotopic (exact) mass is 178 g/mol. The summed E-state index contributed by atoms with van der Waals surface area (Å²) in [4.78, 5) is 0. The van der Waals surface area contributed by atoms with Crippen LogP contribution in [0.2, 0.25) is 0 Å². The smallest absolute Gasteiger partial charge is 0.0225 e. The minimum atomic E-state index is 0.545. The van der Waals surface area contributed by atoms with Crippen LogP contribution < -0.4 is 0 Å². The van der Waals surface area contributed by atoms with Gasteiger partial charge >= 0.3 is 0 Å². The van der Waals surface area contributed by atoms with E-state index in [2.05, 4.69) is 59.4 Å². The highest BCUT2D eigenvalue weighted by Gasteiger charge is 1.94. The molecule has 0 rings (SSSR count). The molecule has 0 aromatic heterocycles. The third-order valence-electron chi connectivity index (χ3n) is 2.32. The summed E-state index contributed by atoms with van der Waals surface area (Å²) in [6.07, 6.45) is 6.35. The van der Waals surface area contributed by atoms with Gasteiger partial charge in [0.05, 0.1) is 0 Å². The van der Waals surface area contributed by atoms with Gasteiger partial charge in [0.15, 0.2) is 0 Å². The highest BCUT2D eigenvalue weighted by Crippen LogP contribution is 2.10. The molecule has 0 heteroatoms. The lowest BCUT2D eigenvalue weighted by Crippen LogP contribution is -1.88. The van der Waals surface area contributed by atoms with Crippen LogP contribution in [0.15, 0.2) is 36.0 Å². The molecule has 0 aliphatic heterocycles. The van der Waals surface area contributed by atoms with Crippen LogP contribution in [0.4, 0.5) is 0 Å². The summed E-state index contributed by atoms with van der Waals surface area (Å²) in [6.45, 7) is 14.9. The van der Waals surface area contributed by atoms with Crippen LogP contribution in [0.25, 0.3) is 0 Å². The number of rotatable bonds is 4. The molecule has 0 aromatic rings. The van der Waals surface area contributed by atoms with Crippen molar-refractivity contribution in [1.82, 2.24) is 0 Å². The van der Waals surface area contributed by atoms with Gasteiger partial charge in [-0.15, -0.1) is 0 Å². The van der Waals surface area contributed by atoms with E-state index in [1.807, 2.05) is 0 Å². The summed E-state index contributed by atoms with van der Waals surface area (Å²) in [6, 6.07) is 0. The fourth-order valence-corrected chi connectivity index (χ4v) is 0.708. The van der Waals surface area contributed by atoms with Gasteiger partial charge in [0.1, 0.15) is 0 Å². The molecule has 0 aliphatic rings. The van der Waals surface area contributed by atoms with E-state index in [4.69, 9.17) is 0 Å². The van der Waals surface area contributed by atoms with Crippen LogP contribution >= 0.6 is 0 Å². The lowest BCUT2D eigenvalue weighted by molar-refractivity contribution is 0.769. The topological polar surface area (TPSA) is 0 Å². The van der Waals surface area contributed by atoms with Crippen molar-refractivity contribution in [3.63, 3.8) is 0 Å². The van der Waals surface area contributed by atoms with Gasteiger partial charge in [0.2, 0.25) is 0 Å². The molecule has 0 radical (unpaired) electrons. The molecule has 0 aliphatic carbocycles. The maximum Gasteiger partial charge on any atom is -0.0225 e. The highest BCUT2D eigenvalue weighted by molar-refractivity contribution is 5.22. The standard InChI is InChI=1S/C13H22/c1-10(2)12(5)8-7-9-13(6)11(3)4/h7-11H,5H2,1-4,6H3/b8-7-,13-9+. The molecule has 0 saturated heterocycles. The Balaban J connectivity index is 4.15. The zero-order valence-corrected chi connectivity index (χ0v) is 9.59. The van der Waals surface area contributed by atoms with Gasteiger partial charge in [-0.1, -0.05) is 63.6 Å². The number of hydrogen-bond acceptors (Lipinski definition) is 0. The van der Waals surface area contributed by atoms with Crippen LogP contribution in [-0.2, 0) is 0 Å². The first-order chi connectivity index (χ1) is 5.95. The average molecular weight is 178 g/mol. The molecule has 13 heavy (non-hydrogen) atoms. The molecule has 0 atom stereocenters. The SMILES string of the molecule is C=C(/C=C\C=C(/C)C(C)C)C(C)C. The third kappa shape index (κ3) is 5.46. The van der Waals surface area contributed by atoms with Gasteiger partial charge in [-0.2, -0.15) is 0 Å². The van der Waals surface area contributed by atoms with Crippen molar-refractivity contribution < 1.29 is 0 Å². The molecule has 0 heterocycles. The van der Waals surface area contributed by atoms with E-state index in [1.54, 1.807) is 0 Å². The predicted molar refractivity (Wildman–Crippen MR) is 61.7 cm³/mol. The van der Waals surface area contributed by atoms with Crippen molar-refractivity contribution >= 4 is 0 Å². The Hall–Kier alpha value is -0.780. The zero-order valence-electron chi connectivity index (χ0n) is 9.59. The fourth-order valence-electron chi connectivity index (χ4n) is 0.708. The van der Waals surface area contributed by atoms with E-state index >= 15 is 0 Å². The molecule has 0 N–H and O–H groups in total. The first kappa shape index (κ1) is 12.2. The summed E-state index contributed by atoms with van der Waals surface area (Å²) >= 11 is 0. The van der Waals surface area contributed by atoms with Crippen molar-refractivity contribution in [2.24, 2.45) is 11.8 Å². The largest absolute Gasteiger partial charge is 0.0956 e. The maximum atomic E-state index is 3.98. The van der Waals surface area contributed by atoms with E-state index in [9.17, 15) is 0 Å². The normalized spacial score (nSPS) is 13.3. The second kappa shape index (κ2) is 5.80. The van der Waals surface area contributed by atoms with E-state index in [0.717, 1.165) is 0 Å². The van der Waals surface area contributed by atoms with E-state index < -0.39 is 0 Å². The van der Waals surface area contributed by atoms with E-state index in [0.29, 0.717) is 11.8 Å². The molecular formula is C13H22. The second-order valence-electron chi connectivity index (χ2n) is 4.15. The summed E-state index contributed by atoms with van der Waals surface area (Å²) in [5.41, 5.74) is 2.60. The highest BCUT2D eigenvalue weighted by atomic mass is 14.0. The van der Waals surface area contributed by atoms with E-state index in [1.165, 1.54) is 11.1 Å². The number of hydrogen-bond donors (Lipinski definition) is 0. The lowest BCUT2D eigenvalue weighted by Gasteiger charge is -2.03. The minimum absolute atomic E-state index is 0.545. The first-order valence-corrected chi connectivity index (χ1v) is 4.98. The lowest BCUT2D eigenvalue weighted by atomic mass is 10.0. The molecule has 0 bridgehead atoms. The fraction of sp³-hybridized carbons (Fsp3) is 0.538. The van der Waals surface area contributed by atoms with Gasteiger partial charge < -0.3 is 0 Å². The molecule has 0 fully saturated rings. The Kier molecular flexibility index (Phi) is 5.45. The first-order valence-electron chi connectivity index (χ1n) is 4.98. The van der Waals surface area contributed by atoms with Crippen LogP contribution in [0.3, 0.4) is 0 Å². The quantitative estimate of drug-likeness (QED) is 0.561. The second-order valence-corrected chi connectivity index (χ2v) is 4.15. The van der Waals surface area contributed by atoms with Crippen LogP contribution in [0.1, 0.15) is 34.6 Å². The Morgan fingerprint density at radius 1 is 1.08 bits per heavy atom. The Morgan fingerprint density at radius 2 is 1.62 bits per heavy atom. The van der Waals surface area contributed by atoms with Crippen LogP contribution in [0.5, 0.6) is 0 Å². The molecule has 0 saturated carbocycles. The molecule has 0 aromatic carbocycles. The predicted octanol–water partition coefficient (Wildman–Crippen LogP) is 4.36. The Labute approximate surface area is 83.0 Å². The van der Waals surface area contributed by atoms with Crippen molar-refractivity contribution in [3.05, 3.63) is 36.0 Å². The molecular weight excluding hydrogens is 156 g/mol. The zero-order chi connectivity index (χ0) is 10.4. The Bertz CT molecular complexity index is 214. The van der Waals surface area contributed by atoms with Crippen molar-refractivity contribution in [1.29, 1.82) is 0 Å². The maximum absolute atomic E-state index is 3.98. The van der Waals surface area contributed by atoms with Gasteiger partial charge in [-0.3, -0.25) is 0 Å². The average Bonchev–Trinajstić information content (AvgIpc) is 2.03. The summed E-state index contributed by atoms with van der Waals surface area (Å²) < 4.78 is 0. The van der Waals surface area contributed by atoms with E-state index in [-0.39, 0.29) is 0 Å². The van der Waals surface area contributed by atoms with Gasteiger partial charge in [0, 0.05) is 0 Å². The molecule has 74 valence electrons. The summed E-state index contributed by atoms with van der Waals surface area (Å²) in [5, 5.41) is 0. The summed E-state index contributed by atoms with van der Waals surface area (Å²) in [5.74, 6) is 1.18. The molecule has 0 amide bonds. The molecule has 0 unspecified atom stereocenters. The van der Waals surface area contributed by atoms with Crippen molar-refractivity contribution in [2.75, 3.05) is 0 Å². The number of allylic oxidation sites excluding steroid dienone is 5. The van der Waals surface area contributed by atoms with Crippen molar-refractivity contribution in [3.8, 4) is 0 Å². The third-order valence-corrected chi connectivity index (χ3v) is 2.32. The van der Waals surface area contributed by atoms with Crippen molar-refractivity contribution in [2.45, 2.75) is 34.6 Å². The van der Waals surface area contributed by atoms with Crippen LogP contribution in [0, 0.1) is 11.8 Å².